The second-order valence-corrected chi connectivity index (χ2v) is 6.26. The third-order valence-corrected chi connectivity index (χ3v) is 4.36. The van der Waals surface area contributed by atoms with E-state index in [2.05, 4.69) is 33.3 Å². The van der Waals surface area contributed by atoms with Gasteiger partial charge in [-0.15, -0.1) is 0 Å². The summed E-state index contributed by atoms with van der Waals surface area (Å²) in [7, 11) is 1.61. The molecular formula is C13H23N5OS. The minimum absolute atomic E-state index is 0.157. The molecule has 0 atom stereocenters. The molecule has 2 heterocycles. The van der Waals surface area contributed by atoms with Crippen LogP contribution in [0, 0.1) is 5.92 Å². The standard InChI is InChI=1S/C13H23N5OS/c1-9(2)8-17-4-6-18(7-5-17)13-10(12(19)15-3)11(14)16-20-13/h9H,4-8H2,1-3H3,(H2,14,16)(H,15,19). The van der Waals surface area contributed by atoms with Gasteiger partial charge in [-0.25, -0.2) is 0 Å². The third-order valence-electron chi connectivity index (χ3n) is 3.44. The molecule has 3 N–H and O–H groups in total. The summed E-state index contributed by atoms with van der Waals surface area (Å²) in [5, 5.41) is 3.53. The zero-order valence-electron chi connectivity index (χ0n) is 12.3. The molecule has 0 spiro atoms. The lowest BCUT2D eigenvalue weighted by molar-refractivity contribution is 0.0964. The first-order valence-electron chi connectivity index (χ1n) is 6.97. The van der Waals surface area contributed by atoms with Gasteiger partial charge in [0.2, 0.25) is 0 Å². The summed E-state index contributed by atoms with van der Waals surface area (Å²) < 4.78 is 4.13. The van der Waals surface area contributed by atoms with Crippen LogP contribution in [0.4, 0.5) is 10.8 Å². The number of nitrogens with two attached hydrogens (primary N) is 1. The van der Waals surface area contributed by atoms with E-state index in [9.17, 15) is 4.79 Å². The summed E-state index contributed by atoms with van der Waals surface area (Å²) >= 11 is 1.31. The molecule has 0 saturated carbocycles. The lowest BCUT2D eigenvalue weighted by Gasteiger charge is -2.36. The van der Waals surface area contributed by atoms with Crippen LogP contribution in [0.1, 0.15) is 24.2 Å². The van der Waals surface area contributed by atoms with Gasteiger partial charge in [0.05, 0.1) is 0 Å². The molecular weight excluding hydrogens is 274 g/mol. The Bertz CT molecular complexity index is 465. The number of carbonyl (C=O) groups is 1. The number of anilines is 2. The number of nitrogens with one attached hydrogen (secondary N) is 1. The third kappa shape index (κ3) is 3.21. The first-order valence-corrected chi connectivity index (χ1v) is 7.74. The van der Waals surface area contributed by atoms with Crippen molar-refractivity contribution in [3.8, 4) is 0 Å². The molecule has 112 valence electrons. The quantitative estimate of drug-likeness (QED) is 0.862. The van der Waals surface area contributed by atoms with Gasteiger partial charge in [0.25, 0.3) is 5.91 Å². The first kappa shape index (κ1) is 15.1. The maximum Gasteiger partial charge on any atom is 0.257 e. The van der Waals surface area contributed by atoms with Gasteiger partial charge in [-0.1, -0.05) is 13.8 Å². The highest BCUT2D eigenvalue weighted by molar-refractivity contribution is 7.11. The maximum absolute atomic E-state index is 11.9. The van der Waals surface area contributed by atoms with Gasteiger partial charge in [0.1, 0.15) is 10.6 Å². The second-order valence-electron chi connectivity index (χ2n) is 5.51. The number of hydrogen-bond acceptors (Lipinski definition) is 6. The van der Waals surface area contributed by atoms with E-state index in [1.807, 2.05) is 0 Å². The Kier molecular flexibility index (Phi) is 4.82. The molecule has 1 fully saturated rings. The number of aromatic nitrogens is 1. The van der Waals surface area contributed by atoms with E-state index in [-0.39, 0.29) is 5.91 Å². The SMILES string of the molecule is CNC(=O)c1c(N)nsc1N1CCN(CC(C)C)CC1. The van der Waals surface area contributed by atoms with Crippen LogP contribution in [0.3, 0.4) is 0 Å². The zero-order valence-corrected chi connectivity index (χ0v) is 13.2. The van der Waals surface area contributed by atoms with Crippen molar-refractivity contribution in [2.45, 2.75) is 13.8 Å². The Morgan fingerprint density at radius 3 is 2.60 bits per heavy atom. The van der Waals surface area contributed by atoms with Crippen molar-refractivity contribution in [1.29, 1.82) is 0 Å². The van der Waals surface area contributed by atoms with Crippen LogP contribution >= 0.6 is 11.5 Å². The van der Waals surface area contributed by atoms with E-state index < -0.39 is 0 Å². The van der Waals surface area contributed by atoms with Crippen LogP contribution in [-0.4, -0.2) is 55.0 Å². The molecule has 7 heteroatoms. The lowest BCUT2D eigenvalue weighted by Crippen LogP contribution is -2.47. The van der Waals surface area contributed by atoms with Gasteiger partial charge in [-0.05, 0) is 17.5 Å². The molecule has 2 rings (SSSR count). The smallest absolute Gasteiger partial charge is 0.257 e. The van der Waals surface area contributed by atoms with Crippen molar-refractivity contribution in [2.24, 2.45) is 5.92 Å². The molecule has 0 aliphatic carbocycles. The van der Waals surface area contributed by atoms with Gasteiger partial charge >= 0.3 is 0 Å². The van der Waals surface area contributed by atoms with E-state index in [1.54, 1.807) is 7.05 Å². The molecule has 0 bridgehead atoms. The molecule has 0 radical (unpaired) electrons. The predicted octanol–water partition coefficient (Wildman–Crippen LogP) is 0.863. The van der Waals surface area contributed by atoms with Crippen LogP contribution in [0.2, 0.25) is 0 Å². The van der Waals surface area contributed by atoms with E-state index in [4.69, 9.17) is 5.73 Å². The summed E-state index contributed by atoms with van der Waals surface area (Å²) in [5.74, 6) is 0.854. The monoisotopic (exact) mass is 297 g/mol. The minimum atomic E-state index is -0.157. The maximum atomic E-state index is 11.9. The molecule has 1 aliphatic rings. The van der Waals surface area contributed by atoms with E-state index in [0.717, 1.165) is 37.7 Å². The summed E-state index contributed by atoms with van der Waals surface area (Å²) in [4.78, 5) is 16.6. The van der Waals surface area contributed by atoms with Crippen molar-refractivity contribution >= 4 is 28.3 Å². The minimum Gasteiger partial charge on any atom is -0.382 e. The lowest BCUT2D eigenvalue weighted by atomic mass is 10.2. The van der Waals surface area contributed by atoms with Crippen molar-refractivity contribution in [2.75, 3.05) is 50.4 Å². The molecule has 20 heavy (non-hydrogen) atoms. The fourth-order valence-corrected chi connectivity index (χ4v) is 3.36. The Morgan fingerprint density at radius 1 is 1.40 bits per heavy atom. The van der Waals surface area contributed by atoms with Crippen LogP contribution in [0.5, 0.6) is 0 Å². The number of nitrogen functional groups attached to an aromatic ring is 1. The van der Waals surface area contributed by atoms with Crippen molar-refractivity contribution in [3.63, 3.8) is 0 Å². The van der Waals surface area contributed by atoms with Crippen LogP contribution in [-0.2, 0) is 0 Å². The summed E-state index contributed by atoms with van der Waals surface area (Å²) in [5.41, 5.74) is 6.34. The highest BCUT2D eigenvalue weighted by Gasteiger charge is 2.25. The van der Waals surface area contributed by atoms with E-state index >= 15 is 0 Å². The molecule has 1 aromatic heterocycles. The fourth-order valence-electron chi connectivity index (χ4n) is 2.50. The predicted molar refractivity (Wildman–Crippen MR) is 83.4 cm³/mol. The summed E-state index contributed by atoms with van der Waals surface area (Å²) in [6.45, 7) is 9.46. The van der Waals surface area contributed by atoms with Crippen molar-refractivity contribution < 1.29 is 4.79 Å². The van der Waals surface area contributed by atoms with Gasteiger partial charge < -0.3 is 16.0 Å². The Balaban J connectivity index is 2.06. The van der Waals surface area contributed by atoms with Gasteiger partial charge in [-0.3, -0.25) is 9.69 Å². The molecule has 1 saturated heterocycles. The van der Waals surface area contributed by atoms with Gasteiger partial charge in [0.15, 0.2) is 5.82 Å². The summed E-state index contributed by atoms with van der Waals surface area (Å²) in [6, 6.07) is 0. The molecule has 1 aliphatic heterocycles. The Morgan fingerprint density at radius 2 is 2.05 bits per heavy atom. The molecule has 6 nitrogen and oxygen atoms in total. The fraction of sp³-hybridized carbons (Fsp3) is 0.692. The van der Waals surface area contributed by atoms with Crippen LogP contribution in [0.15, 0.2) is 0 Å². The topological polar surface area (TPSA) is 74.5 Å². The number of piperazine rings is 1. The van der Waals surface area contributed by atoms with Gasteiger partial charge in [-0.2, -0.15) is 4.37 Å². The van der Waals surface area contributed by atoms with E-state index in [0.29, 0.717) is 17.3 Å². The highest BCUT2D eigenvalue weighted by Crippen LogP contribution is 2.31. The summed E-state index contributed by atoms with van der Waals surface area (Å²) in [6.07, 6.45) is 0. The largest absolute Gasteiger partial charge is 0.382 e. The molecule has 1 aromatic rings. The first-order chi connectivity index (χ1) is 9.52. The van der Waals surface area contributed by atoms with Crippen molar-refractivity contribution in [1.82, 2.24) is 14.6 Å². The molecule has 0 unspecified atom stereocenters. The normalized spacial score (nSPS) is 16.7. The second kappa shape index (κ2) is 6.41. The van der Waals surface area contributed by atoms with Crippen LogP contribution < -0.4 is 16.0 Å². The number of carbonyl (C=O) groups excluding carboxylic acids is 1. The average Bonchev–Trinajstić information content (AvgIpc) is 2.80. The highest BCUT2D eigenvalue weighted by atomic mass is 32.1. The number of hydrogen-bond donors (Lipinski definition) is 2. The molecule has 0 aromatic carbocycles. The van der Waals surface area contributed by atoms with E-state index in [1.165, 1.54) is 11.5 Å². The Labute approximate surface area is 124 Å². The number of rotatable bonds is 4. The zero-order chi connectivity index (χ0) is 14.7. The average molecular weight is 297 g/mol. The van der Waals surface area contributed by atoms with Crippen LogP contribution in [0.25, 0.3) is 0 Å². The van der Waals surface area contributed by atoms with Crippen molar-refractivity contribution in [3.05, 3.63) is 5.56 Å². The Hall–Kier alpha value is -1.34. The van der Waals surface area contributed by atoms with Gasteiger partial charge in [0, 0.05) is 39.8 Å². The number of amides is 1. The molecule has 1 amide bonds. The number of nitrogens with zero attached hydrogens (tertiary/aromatic N) is 3.